The van der Waals surface area contributed by atoms with Crippen LogP contribution in [0.4, 0.5) is 23.8 Å². The van der Waals surface area contributed by atoms with E-state index in [4.69, 9.17) is 4.74 Å². The van der Waals surface area contributed by atoms with Gasteiger partial charge >= 0.3 is 18.2 Å². The third-order valence-corrected chi connectivity index (χ3v) is 7.73. The lowest BCUT2D eigenvalue weighted by Crippen LogP contribution is -2.30. The van der Waals surface area contributed by atoms with Gasteiger partial charge in [-0.05, 0) is 43.0 Å². The number of pyridine rings is 2. The molecule has 4 aromatic rings. The molecule has 4 rings (SSSR count). The van der Waals surface area contributed by atoms with Gasteiger partial charge in [0.1, 0.15) is 16.4 Å². The van der Waals surface area contributed by atoms with E-state index < -0.39 is 40.8 Å². The number of urea groups is 1. The highest BCUT2D eigenvalue weighted by atomic mass is 32.1. The molecule has 1 unspecified atom stereocenters. The molecule has 0 aliphatic carbocycles. The first-order valence-electron chi connectivity index (χ1n) is 13.7. The molecule has 3 aromatic heterocycles. The molecular formula is C30H32F3N5O5S. The molecule has 14 heteroatoms. The molecule has 1 atom stereocenters. The molecule has 0 saturated carbocycles. The second-order valence-corrected chi connectivity index (χ2v) is 11.8. The van der Waals surface area contributed by atoms with Gasteiger partial charge < -0.3 is 19.7 Å². The number of nitrogens with one attached hydrogen (secondary N) is 2. The van der Waals surface area contributed by atoms with E-state index >= 15 is 0 Å². The number of aromatic nitrogens is 3. The van der Waals surface area contributed by atoms with Crippen molar-refractivity contribution >= 4 is 40.1 Å². The molecular weight excluding hydrogens is 599 g/mol. The van der Waals surface area contributed by atoms with Gasteiger partial charge in [-0.3, -0.25) is 10.1 Å². The number of benzene rings is 1. The molecule has 2 amide bonds. The molecule has 0 fully saturated rings. The number of alkyl halides is 3. The Kier molecular flexibility index (Phi) is 9.44. The van der Waals surface area contributed by atoms with E-state index in [1.54, 1.807) is 30.5 Å². The van der Waals surface area contributed by atoms with Crippen LogP contribution in [0.3, 0.4) is 0 Å². The third-order valence-electron chi connectivity index (χ3n) is 6.85. The summed E-state index contributed by atoms with van der Waals surface area (Å²) in [6.07, 6.45) is -1.92. The van der Waals surface area contributed by atoms with Gasteiger partial charge in [-0.25, -0.2) is 19.6 Å². The van der Waals surface area contributed by atoms with Gasteiger partial charge in [0.15, 0.2) is 5.69 Å². The van der Waals surface area contributed by atoms with Crippen molar-refractivity contribution < 1.29 is 32.6 Å². The average Bonchev–Trinajstić information content (AvgIpc) is 3.45. The van der Waals surface area contributed by atoms with Crippen molar-refractivity contribution in [3.8, 4) is 21.7 Å². The summed E-state index contributed by atoms with van der Waals surface area (Å²) in [6.45, 7) is 9.16. The van der Waals surface area contributed by atoms with Crippen LogP contribution in [0.2, 0.25) is 0 Å². The van der Waals surface area contributed by atoms with Crippen molar-refractivity contribution in [2.75, 3.05) is 25.1 Å². The number of hydrogen-bond acceptors (Lipinski definition) is 8. The van der Waals surface area contributed by atoms with Crippen LogP contribution in [-0.4, -0.2) is 51.4 Å². The summed E-state index contributed by atoms with van der Waals surface area (Å²) in [5.41, 5.74) is -1.00. The minimum absolute atomic E-state index is 0.0135. The number of aliphatic hydroxyl groups excluding tert-OH is 1. The average molecular weight is 632 g/mol. The molecule has 1 aromatic carbocycles. The maximum atomic E-state index is 13.7. The molecule has 0 radical (unpaired) electrons. The van der Waals surface area contributed by atoms with Crippen LogP contribution in [0.5, 0.6) is 0 Å². The predicted octanol–water partition coefficient (Wildman–Crippen LogP) is 6.10. The van der Waals surface area contributed by atoms with Crippen LogP contribution in [0.1, 0.15) is 56.7 Å². The first-order valence-corrected chi connectivity index (χ1v) is 14.6. The van der Waals surface area contributed by atoms with E-state index in [-0.39, 0.29) is 40.6 Å². The normalized spacial score (nSPS) is 12.7. The van der Waals surface area contributed by atoms with Gasteiger partial charge in [0.2, 0.25) is 5.43 Å². The number of esters is 1. The Morgan fingerprint density at radius 3 is 2.45 bits per heavy atom. The fraction of sp³-hybridized carbons (Fsp3) is 0.367. The smallest absolute Gasteiger partial charge is 0.434 e. The number of thiazole rings is 1. The molecule has 10 nitrogen and oxygen atoms in total. The summed E-state index contributed by atoms with van der Waals surface area (Å²) < 4.78 is 47.1. The number of halogens is 3. The Balaban J connectivity index is 1.98. The summed E-state index contributed by atoms with van der Waals surface area (Å²) in [6, 6.07) is 5.14. The van der Waals surface area contributed by atoms with Crippen LogP contribution in [0.25, 0.3) is 32.6 Å². The zero-order chi connectivity index (χ0) is 32.4. The van der Waals surface area contributed by atoms with E-state index in [9.17, 15) is 32.7 Å². The van der Waals surface area contributed by atoms with Crippen molar-refractivity contribution in [1.29, 1.82) is 0 Å². The maximum Gasteiger partial charge on any atom is 0.434 e. The van der Waals surface area contributed by atoms with Crippen molar-refractivity contribution in [2.24, 2.45) is 5.41 Å². The Labute approximate surface area is 254 Å². The molecule has 3 heterocycles. The van der Waals surface area contributed by atoms with Gasteiger partial charge in [-0.15, -0.1) is 11.3 Å². The SMILES string of the molecule is CCNC(=O)Nc1cc(-c2nc(C(F)(F)F)cs2)c(-c2ccc3c(c2)c(=O)c(C(=O)OCC)cn3C(CO)C(C)(C)C)cn1. The van der Waals surface area contributed by atoms with Gasteiger partial charge in [-0.1, -0.05) is 26.8 Å². The van der Waals surface area contributed by atoms with E-state index in [1.807, 2.05) is 20.8 Å². The number of ether oxygens (including phenoxy) is 1. The highest BCUT2D eigenvalue weighted by molar-refractivity contribution is 7.13. The number of fused-ring (bicyclic) bond motifs is 1. The van der Waals surface area contributed by atoms with Gasteiger partial charge in [0.25, 0.3) is 0 Å². The predicted molar refractivity (Wildman–Crippen MR) is 162 cm³/mol. The number of aliphatic hydroxyl groups is 1. The largest absolute Gasteiger partial charge is 0.462 e. The number of carbonyl (C=O) groups is 2. The quantitative estimate of drug-likeness (QED) is 0.200. The Hall–Kier alpha value is -4.30. The topological polar surface area (TPSA) is 135 Å². The number of amides is 2. The van der Waals surface area contributed by atoms with Crippen molar-refractivity contribution in [3.05, 3.63) is 63.5 Å². The van der Waals surface area contributed by atoms with Gasteiger partial charge in [-0.2, -0.15) is 13.2 Å². The van der Waals surface area contributed by atoms with Crippen molar-refractivity contribution in [1.82, 2.24) is 19.9 Å². The highest BCUT2D eigenvalue weighted by Gasteiger charge is 2.34. The summed E-state index contributed by atoms with van der Waals surface area (Å²) in [5.74, 6) is -0.753. The number of rotatable bonds is 8. The number of carbonyl (C=O) groups excluding carboxylic acids is 2. The van der Waals surface area contributed by atoms with E-state index in [1.165, 1.54) is 24.5 Å². The Morgan fingerprint density at radius 1 is 1.14 bits per heavy atom. The standard InChI is InChI=1S/C30H32F3N5O5S/c1-6-34-28(42)37-24-11-17(26-36-22(15-44-26)30(31,32)33)19(12-35-24)16-8-9-21-18(10-16)25(40)20(27(41)43-7-2)13-38(21)23(14-39)29(3,4)5/h8-13,15,23,39H,6-7,14H2,1-5H3,(H2,34,35,37,42). The van der Waals surface area contributed by atoms with Crippen LogP contribution in [0.15, 0.2) is 46.8 Å². The number of anilines is 1. The fourth-order valence-electron chi connectivity index (χ4n) is 4.69. The van der Waals surface area contributed by atoms with Gasteiger partial charge in [0, 0.05) is 40.8 Å². The molecule has 0 aliphatic rings. The summed E-state index contributed by atoms with van der Waals surface area (Å²) >= 11 is 0.765. The first kappa shape index (κ1) is 32.6. The van der Waals surface area contributed by atoms with Crippen LogP contribution >= 0.6 is 11.3 Å². The molecule has 0 aliphatic heterocycles. The Bertz CT molecular complexity index is 1760. The lowest BCUT2D eigenvalue weighted by Gasteiger charge is -2.33. The van der Waals surface area contributed by atoms with E-state index in [0.29, 0.717) is 23.2 Å². The summed E-state index contributed by atoms with van der Waals surface area (Å²) in [7, 11) is 0. The van der Waals surface area contributed by atoms with Crippen LogP contribution in [-0.2, 0) is 10.9 Å². The zero-order valence-electron chi connectivity index (χ0n) is 24.7. The molecule has 0 bridgehead atoms. The molecule has 0 saturated heterocycles. The van der Waals surface area contributed by atoms with Gasteiger partial charge in [0.05, 0.1) is 24.8 Å². The minimum atomic E-state index is -4.67. The Morgan fingerprint density at radius 2 is 1.86 bits per heavy atom. The highest BCUT2D eigenvalue weighted by Crippen LogP contribution is 2.39. The number of hydrogen-bond donors (Lipinski definition) is 3. The summed E-state index contributed by atoms with van der Waals surface area (Å²) in [5, 5.41) is 16.4. The van der Waals surface area contributed by atoms with Crippen molar-refractivity contribution in [2.45, 2.75) is 46.8 Å². The van der Waals surface area contributed by atoms with Crippen LogP contribution < -0.4 is 16.1 Å². The zero-order valence-corrected chi connectivity index (χ0v) is 25.5. The lowest BCUT2D eigenvalue weighted by atomic mass is 9.86. The minimum Gasteiger partial charge on any atom is -0.462 e. The molecule has 234 valence electrons. The second-order valence-electron chi connectivity index (χ2n) is 10.9. The lowest BCUT2D eigenvalue weighted by molar-refractivity contribution is -0.140. The van der Waals surface area contributed by atoms with Crippen LogP contribution in [0, 0.1) is 5.41 Å². The second kappa shape index (κ2) is 12.7. The molecule has 3 N–H and O–H groups in total. The summed E-state index contributed by atoms with van der Waals surface area (Å²) in [4.78, 5) is 46.7. The van der Waals surface area contributed by atoms with E-state index in [2.05, 4.69) is 20.6 Å². The molecule has 0 spiro atoms. The first-order chi connectivity index (χ1) is 20.7. The fourth-order valence-corrected chi connectivity index (χ4v) is 5.55. The maximum absolute atomic E-state index is 13.7. The monoisotopic (exact) mass is 631 g/mol. The van der Waals surface area contributed by atoms with E-state index in [0.717, 1.165) is 16.7 Å². The molecule has 44 heavy (non-hydrogen) atoms. The number of nitrogens with zero attached hydrogens (tertiary/aromatic N) is 3. The van der Waals surface area contributed by atoms with Crippen molar-refractivity contribution in [3.63, 3.8) is 0 Å². The third kappa shape index (κ3) is 6.76.